The third-order valence-electron chi connectivity index (χ3n) is 3.27. The van der Waals surface area contributed by atoms with Gasteiger partial charge in [0.25, 0.3) is 0 Å². The lowest BCUT2D eigenvalue weighted by Crippen LogP contribution is -2.05. The zero-order chi connectivity index (χ0) is 15.7. The quantitative estimate of drug-likeness (QED) is 0.542. The summed E-state index contributed by atoms with van der Waals surface area (Å²) < 4.78 is 18.6. The smallest absolute Gasteiger partial charge is 0.124 e. The summed E-state index contributed by atoms with van der Waals surface area (Å²) >= 11 is 5.66. The SMILES string of the molecule is CCn1ncc(Cc2cnnn2-c2ccc(F)cc2I)c1Br. The predicted molar refractivity (Wildman–Crippen MR) is 92.4 cm³/mol. The normalized spacial score (nSPS) is 11.1. The van der Waals surface area contributed by atoms with Crippen LogP contribution in [-0.4, -0.2) is 24.8 Å². The number of benzene rings is 1. The van der Waals surface area contributed by atoms with Crippen molar-refractivity contribution in [2.45, 2.75) is 19.9 Å². The third-order valence-corrected chi connectivity index (χ3v) is 5.06. The van der Waals surface area contributed by atoms with Crippen LogP contribution in [0.15, 0.2) is 35.2 Å². The van der Waals surface area contributed by atoms with Crippen LogP contribution in [0.25, 0.3) is 5.69 Å². The molecule has 0 radical (unpaired) electrons. The zero-order valence-electron chi connectivity index (χ0n) is 11.7. The van der Waals surface area contributed by atoms with E-state index in [0.29, 0.717) is 6.42 Å². The van der Waals surface area contributed by atoms with E-state index in [1.54, 1.807) is 16.9 Å². The summed E-state index contributed by atoms with van der Waals surface area (Å²) in [5.74, 6) is -0.262. The summed E-state index contributed by atoms with van der Waals surface area (Å²) in [5.41, 5.74) is 2.79. The van der Waals surface area contributed by atoms with Crippen LogP contribution >= 0.6 is 38.5 Å². The first-order valence-electron chi connectivity index (χ1n) is 6.65. The molecule has 3 rings (SSSR count). The van der Waals surface area contributed by atoms with E-state index in [4.69, 9.17) is 0 Å². The Morgan fingerprint density at radius 1 is 1.32 bits per heavy atom. The van der Waals surface area contributed by atoms with E-state index in [2.05, 4.69) is 53.9 Å². The molecule has 0 amide bonds. The molecule has 0 bridgehead atoms. The van der Waals surface area contributed by atoms with E-state index in [0.717, 1.165) is 31.7 Å². The average Bonchev–Trinajstić information content (AvgIpc) is 3.07. The van der Waals surface area contributed by atoms with Gasteiger partial charge in [-0.25, -0.2) is 9.07 Å². The van der Waals surface area contributed by atoms with E-state index < -0.39 is 0 Å². The standard InChI is InChI=1S/C14H12BrFIN5/c1-2-21-14(15)9(7-19-21)5-11-8-18-20-22(11)13-4-3-10(16)6-12(13)17/h3-4,6-8H,2,5H2,1H3. The highest BCUT2D eigenvalue weighted by Gasteiger charge is 2.14. The maximum atomic E-state index is 13.3. The first-order chi connectivity index (χ1) is 10.6. The number of aromatic nitrogens is 5. The van der Waals surface area contributed by atoms with E-state index in [9.17, 15) is 4.39 Å². The predicted octanol–water partition coefficient (Wildman–Crippen LogP) is 3.58. The summed E-state index contributed by atoms with van der Waals surface area (Å²) in [6.07, 6.45) is 4.19. The average molecular weight is 476 g/mol. The molecule has 0 N–H and O–H groups in total. The van der Waals surface area contributed by atoms with Crippen LogP contribution in [0.3, 0.4) is 0 Å². The van der Waals surface area contributed by atoms with E-state index in [1.165, 1.54) is 12.1 Å². The Morgan fingerprint density at radius 2 is 2.14 bits per heavy atom. The molecule has 1 aromatic carbocycles. The van der Waals surface area contributed by atoms with Crippen LogP contribution in [0, 0.1) is 9.39 Å². The molecule has 0 fully saturated rings. The number of rotatable bonds is 4. The highest BCUT2D eigenvalue weighted by molar-refractivity contribution is 14.1. The number of halogens is 3. The summed E-state index contributed by atoms with van der Waals surface area (Å²) in [6.45, 7) is 2.84. The van der Waals surface area contributed by atoms with Crippen LogP contribution in [0.1, 0.15) is 18.2 Å². The van der Waals surface area contributed by atoms with Crippen LogP contribution in [0.5, 0.6) is 0 Å². The first kappa shape index (κ1) is 15.6. The minimum Gasteiger partial charge on any atom is -0.258 e. The van der Waals surface area contributed by atoms with E-state index >= 15 is 0 Å². The number of hydrogen-bond acceptors (Lipinski definition) is 3. The molecule has 0 atom stereocenters. The molecule has 0 unspecified atom stereocenters. The molecule has 2 heterocycles. The van der Waals surface area contributed by atoms with Crippen LogP contribution in [0.4, 0.5) is 4.39 Å². The molecule has 0 aliphatic carbocycles. The lowest BCUT2D eigenvalue weighted by atomic mass is 10.2. The zero-order valence-corrected chi connectivity index (χ0v) is 15.4. The Morgan fingerprint density at radius 3 is 2.82 bits per heavy atom. The van der Waals surface area contributed by atoms with Crippen molar-refractivity contribution in [3.63, 3.8) is 0 Å². The van der Waals surface area contributed by atoms with E-state index in [1.807, 2.05) is 17.8 Å². The Labute approximate surface area is 148 Å². The molecule has 3 aromatic rings. The van der Waals surface area contributed by atoms with Gasteiger partial charge in [-0.3, -0.25) is 4.68 Å². The van der Waals surface area contributed by atoms with Crippen molar-refractivity contribution in [2.75, 3.05) is 0 Å². The highest BCUT2D eigenvalue weighted by atomic mass is 127. The van der Waals surface area contributed by atoms with Crippen molar-refractivity contribution in [3.05, 3.63) is 55.8 Å². The maximum absolute atomic E-state index is 13.3. The van der Waals surface area contributed by atoms with Gasteiger partial charge in [0.2, 0.25) is 0 Å². The van der Waals surface area contributed by atoms with Crippen molar-refractivity contribution in [3.8, 4) is 5.69 Å². The topological polar surface area (TPSA) is 48.5 Å². The minimum absolute atomic E-state index is 0.262. The Bertz CT molecular complexity index is 813. The fourth-order valence-corrected chi connectivity index (χ4v) is 3.47. The Hall–Kier alpha value is -1.29. The van der Waals surface area contributed by atoms with Crippen molar-refractivity contribution in [1.82, 2.24) is 24.8 Å². The van der Waals surface area contributed by atoms with Crippen LogP contribution in [-0.2, 0) is 13.0 Å². The second-order valence-electron chi connectivity index (χ2n) is 4.69. The van der Waals surface area contributed by atoms with Crippen molar-refractivity contribution in [1.29, 1.82) is 0 Å². The van der Waals surface area contributed by atoms with Gasteiger partial charge in [-0.15, -0.1) is 5.10 Å². The molecule has 22 heavy (non-hydrogen) atoms. The monoisotopic (exact) mass is 475 g/mol. The molecule has 114 valence electrons. The largest absolute Gasteiger partial charge is 0.258 e. The van der Waals surface area contributed by atoms with Gasteiger partial charge in [-0.05, 0) is 63.6 Å². The van der Waals surface area contributed by atoms with Gasteiger partial charge in [0, 0.05) is 22.1 Å². The van der Waals surface area contributed by atoms with Gasteiger partial charge in [0.1, 0.15) is 10.4 Å². The number of nitrogens with zero attached hydrogens (tertiary/aromatic N) is 5. The fourth-order valence-electron chi connectivity index (χ4n) is 2.18. The van der Waals surface area contributed by atoms with Gasteiger partial charge in [0.15, 0.2) is 0 Å². The lowest BCUT2D eigenvalue weighted by molar-refractivity contribution is 0.625. The number of hydrogen-bond donors (Lipinski definition) is 0. The summed E-state index contributed by atoms with van der Waals surface area (Å²) in [5, 5.41) is 12.4. The molecular formula is C14H12BrFIN5. The third kappa shape index (κ3) is 2.94. The summed E-state index contributed by atoms with van der Waals surface area (Å²) in [4.78, 5) is 0. The van der Waals surface area contributed by atoms with Gasteiger partial charge in [0.05, 0.1) is 23.8 Å². The minimum atomic E-state index is -0.262. The van der Waals surface area contributed by atoms with Gasteiger partial charge >= 0.3 is 0 Å². The van der Waals surface area contributed by atoms with Crippen LogP contribution < -0.4 is 0 Å². The highest BCUT2D eigenvalue weighted by Crippen LogP contribution is 2.23. The summed E-state index contributed by atoms with van der Waals surface area (Å²) in [6, 6.07) is 4.61. The molecule has 2 aromatic heterocycles. The van der Waals surface area contributed by atoms with Crippen LogP contribution in [0.2, 0.25) is 0 Å². The Balaban J connectivity index is 1.97. The molecular weight excluding hydrogens is 464 g/mol. The van der Waals surface area contributed by atoms with Gasteiger partial charge < -0.3 is 0 Å². The van der Waals surface area contributed by atoms with Crippen molar-refractivity contribution < 1.29 is 4.39 Å². The molecule has 8 heteroatoms. The van der Waals surface area contributed by atoms with E-state index in [-0.39, 0.29) is 5.82 Å². The molecule has 5 nitrogen and oxygen atoms in total. The maximum Gasteiger partial charge on any atom is 0.124 e. The molecule has 0 aliphatic heterocycles. The lowest BCUT2D eigenvalue weighted by Gasteiger charge is -2.08. The fraction of sp³-hybridized carbons (Fsp3) is 0.214. The molecule has 0 aliphatic rings. The Kier molecular flexibility index (Phi) is 4.57. The van der Waals surface area contributed by atoms with Crippen molar-refractivity contribution >= 4 is 38.5 Å². The molecule has 0 spiro atoms. The van der Waals surface area contributed by atoms with Gasteiger partial charge in [-0.2, -0.15) is 5.10 Å². The van der Waals surface area contributed by atoms with Crippen molar-refractivity contribution in [2.24, 2.45) is 0 Å². The first-order valence-corrected chi connectivity index (χ1v) is 8.52. The second kappa shape index (κ2) is 6.45. The molecule has 0 saturated heterocycles. The second-order valence-corrected chi connectivity index (χ2v) is 6.60. The van der Waals surface area contributed by atoms with Gasteiger partial charge in [-0.1, -0.05) is 5.21 Å². The summed E-state index contributed by atoms with van der Waals surface area (Å²) in [7, 11) is 0. The molecule has 0 saturated carbocycles. The number of aryl methyl sites for hydroxylation is 1.